The first-order valence-corrected chi connectivity index (χ1v) is 11.8. The van der Waals surface area contributed by atoms with Crippen LogP contribution in [-0.4, -0.2) is 40.1 Å². The van der Waals surface area contributed by atoms with Gasteiger partial charge in [-0.1, -0.05) is 19.4 Å². The number of aryl methyl sites for hydroxylation is 1. The van der Waals surface area contributed by atoms with Crippen LogP contribution >= 0.6 is 11.3 Å². The molecule has 9 nitrogen and oxygen atoms in total. The maximum atomic E-state index is 13.0. The van der Waals surface area contributed by atoms with E-state index < -0.39 is 23.4 Å². The number of hydrogen-bond acceptors (Lipinski definition) is 8. The summed E-state index contributed by atoms with van der Waals surface area (Å²) in [6.07, 6.45) is 2.68. The van der Waals surface area contributed by atoms with Crippen molar-refractivity contribution in [2.75, 3.05) is 11.9 Å². The second-order valence-corrected chi connectivity index (χ2v) is 8.99. The average molecular weight is 486 g/mol. The van der Waals surface area contributed by atoms with Gasteiger partial charge in [0.1, 0.15) is 16.3 Å². The van der Waals surface area contributed by atoms with E-state index in [1.165, 1.54) is 17.0 Å². The number of benzene rings is 1. The number of fused-ring (bicyclic) bond motifs is 1. The number of anilines is 1. The van der Waals surface area contributed by atoms with Crippen LogP contribution in [0.25, 0.3) is 10.2 Å². The van der Waals surface area contributed by atoms with E-state index in [4.69, 9.17) is 9.47 Å². The Bertz CT molecular complexity index is 1280. The molecule has 0 spiro atoms. The van der Waals surface area contributed by atoms with Crippen molar-refractivity contribution in [2.45, 2.75) is 53.2 Å². The fourth-order valence-electron chi connectivity index (χ4n) is 3.21. The molecule has 1 aromatic carbocycles. The zero-order chi connectivity index (χ0) is 24.8. The van der Waals surface area contributed by atoms with Crippen LogP contribution in [0.3, 0.4) is 0 Å². The van der Waals surface area contributed by atoms with Gasteiger partial charge in [-0.05, 0) is 51.0 Å². The van der Waals surface area contributed by atoms with Crippen molar-refractivity contribution >= 4 is 45.1 Å². The van der Waals surface area contributed by atoms with Crippen LogP contribution in [-0.2, 0) is 20.8 Å². The third-order valence-corrected chi connectivity index (χ3v) is 6.05. The van der Waals surface area contributed by atoms with E-state index in [0.29, 0.717) is 33.1 Å². The number of carbonyl (C=O) groups is 3. The van der Waals surface area contributed by atoms with Gasteiger partial charge in [0.05, 0.1) is 30.0 Å². The minimum absolute atomic E-state index is 0.284. The molecular formula is C24H27N3O6S. The van der Waals surface area contributed by atoms with E-state index in [2.05, 4.69) is 10.3 Å². The number of nitrogens with zero attached hydrogens (tertiary/aromatic N) is 2. The SMILES string of the molecule is CCCCOC(=O)c1cccc(NC(=O)Cn2cnc3sc(C(=O)OC(C)C)c(C)c3c2=O)c1. The monoisotopic (exact) mass is 485 g/mol. The lowest BCUT2D eigenvalue weighted by Gasteiger charge is -2.09. The largest absolute Gasteiger partial charge is 0.462 e. The van der Waals surface area contributed by atoms with E-state index in [-0.39, 0.29) is 18.0 Å². The van der Waals surface area contributed by atoms with Crippen LogP contribution in [0.5, 0.6) is 0 Å². The van der Waals surface area contributed by atoms with Gasteiger partial charge in [0, 0.05) is 5.69 Å². The van der Waals surface area contributed by atoms with Crippen molar-refractivity contribution < 1.29 is 23.9 Å². The Labute approximate surface area is 200 Å². The van der Waals surface area contributed by atoms with Gasteiger partial charge in [0.25, 0.3) is 5.56 Å². The maximum Gasteiger partial charge on any atom is 0.348 e. The summed E-state index contributed by atoms with van der Waals surface area (Å²) in [5.41, 5.74) is 0.782. The number of amides is 1. The van der Waals surface area contributed by atoms with Crippen molar-refractivity contribution in [2.24, 2.45) is 0 Å². The van der Waals surface area contributed by atoms with Crippen molar-refractivity contribution in [3.8, 4) is 0 Å². The van der Waals surface area contributed by atoms with Crippen LogP contribution in [0.4, 0.5) is 5.69 Å². The van der Waals surface area contributed by atoms with Crippen molar-refractivity contribution in [3.63, 3.8) is 0 Å². The van der Waals surface area contributed by atoms with Crippen LogP contribution in [0, 0.1) is 6.92 Å². The van der Waals surface area contributed by atoms with Crippen molar-refractivity contribution in [3.05, 3.63) is 57.0 Å². The minimum atomic E-state index is -0.507. The summed E-state index contributed by atoms with van der Waals surface area (Å²) >= 11 is 1.09. The van der Waals surface area contributed by atoms with Gasteiger partial charge in [-0.25, -0.2) is 14.6 Å². The number of esters is 2. The lowest BCUT2D eigenvalue weighted by atomic mass is 10.2. The average Bonchev–Trinajstić information content (AvgIpc) is 3.12. The first-order valence-electron chi connectivity index (χ1n) is 11.0. The van der Waals surface area contributed by atoms with Crippen molar-refractivity contribution in [1.29, 1.82) is 0 Å². The highest BCUT2D eigenvalue weighted by Crippen LogP contribution is 2.27. The minimum Gasteiger partial charge on any atom is -0.462 e. The third kappa shape index (κ3) is 5.88. The third-order valence-electron chi connectivity index (χ3n) is 4.87. The highest BCUT2D eigenvalue weighted by molar-refractivity contribution is 7.20. The van der Waals surface area contributed by atoms with Gasteiger partial charge in [-0.15, -0.1) is 11.3 Å². The Kier molecular flexibility index (Phi) is 8.17. The number of rotatable bonds is 9. The number of aromatic nitrogens is 2. The molecule has 10 heteroatoms. The molecule has 0 aliphatic carbocycles. The Hall–Kier alpha value is -3.53. The lowest BCUT2D eigenvalue weighted by molar-refractivity contribution is -0.116. The normalized spacial score (nSPS) is 11.0. The first kappa shape index (κ1) is 25.1. The second-order valence-electron chi connectivity index (χ2n) is 7.99. The molecule has 3 aromatic rings. The highest BCUT2D eigenvalue weighted by atomic mass is 32.1. The molecule has 0 saturated carbocycles. The summed E-state index contributed by atoms with van der Waals surface area (Å²) in [6.45, 7) is 7.21. The lowest BCUT2D eigenvalue weighted by Crippen LogP contribution is -2.28. The molecule has 0 atom stereocenters. The molecule has 180 valence electrons. The second kappa shape index (κ2) is 11.1. The number of unbranched alkanes of at least 4 members (excludes halogenated alkanes) is 1. The summed E-state index contributed by atoms with van der Waals surface area (Å²) in [5, 5.41) is 2.97. The van der Waals surface area contributed by atoms with Crippen LogP contribution in [0.2, 0.25) is 0 Å². The standard InChI is InChI=1S/C24H27N3O6S/c1-5-6-10-32-23(30)16-8-7-9-17(11-16)26-18(28)12-27-13-25-21-19(22(27)29)15(4)20(34-21)24(31)33-14(2)3/h7-9,11,13-14H,5-6,10,12H2,1-4H3,(H,26,28). The van der Waals surface area contributed by atoms with E-state index in [1.807, 2.05) is 6.92 Å². The molecule has 1 amide bonds. The van der Waals surface area contributed by atoms with Crippen molar-refractivity contribution in [1.82, 2.24) is 9.55 Å². The summed E-state index contributed by atoms with van der Waals surface area (Å²) in [6, 6.07) is 6.40. The molecule has 0 fully saturated rings. The molecule has 2 heterocycles. The Morgan fingerprint density at radius 1 is 1.21 bits per heavy atom. The maximum absolute atomic E-state index is 13.0. The van der Waals surface area contributed by atoms with E-state index >= 15 is 0 Å². The summed E-state index contributed by atoms with van der Waals surface area (Å²) in [5.74, 6) is -1.44. The van der Waals surface area contributed by atoms with Gasteiger partial charge in [-0.2, -0.15) is 0 Å². The predicted octanol–water partition coefficient (Wildman–Crippen LogP) is 3.93. The smallest absolute Gasteiger partial charge is 0.348 e. The molecule has 34 heavy (non-hydrogen) atoms. The number of carbonyl (C=O) groups excluding carboxylic acids is 3. The quantitative estimate of drug-likeness (QED) is 0.361. The molecular weight excluding hydrogens is 458 g/mol. The predicted molar refractivity (Wildman–Crippen MR) is 129 cm³/mol. The van der Waals surface area contributed by atoms with Gasteiger partial charge in [-0.3, -0.25) is 14.2 Å². The molecule has 0 aliphatic heterocycles. The first-order chi connectivity index (χ1) is 16.2. The molecule has 0 saturated heterocycles. The van der Waals surface area contributed by atoms with Gasteiger partial charge >= 0.3 is 11.9 Å². The molecule has 0 aliphatic rings. The fraction of sp³-hybridized carbons (Fsp3) is 0.375. The summed E-state index contributed by atoms with van der Waals surface area (Å²) < 4.78 is 11.6. The topological polar surface area (TPSA) is 117 Å². The molecule has 1 N–H and O–H groups in total. The van der Waals surface area contributed by atoms with Crippen LogP contribution in [0.1, 0.15) is 59.2 Å². The van der Waals surface area contributed by atoms with E-state index in [0.717, 1.165) is 24.2 Å². The number of hydrogen-bond donors (Lipinski definition) is 1. The van der Waals surface area contributed by atoms with Gasteiger partial charge in [0.15, 0.2) is 0 Å². The molecule has 0 radical (unpaired) electrons. The zero-order valence-corrected chi connectivity index (χ0v) is 20.4. The fourth-order valence-corrected chi connectivity index (χ4v) is 4.23. The molecule has 0 unspecified atom stereocenters. The number of ether oxygens (including phenoxy) is 2. The molecule has 3 rings (SSSR count). The Balaban J connectivity index is 1.75. The Morgan fingerprint density at radius 2 is 1.97 bits per heavy atom. The highest BCUT2D eigenvalue weighted by Gasteiger charge is 2.21. The number of thiophene rings is 1. The van der Waals surface area contributed by atoms with E-state index in [1.54, 1.807) is 39.0 Å². The molecule has 2 aromatic heterocycles. The zero-order valence-electron chi connectivity index (χ0n) is 19.5. The van der Waals surface area contributed by atoms with Gasteiger partial charge < -0.3 is 14.8 Å². The number of nitrogens with one attached hydrogen (secondary N) is 1. The summed E-state index contributed by atoms with van der Waals surface area (Å²) in [4.78, 5) is 55.0. The summed E-state index contributed by atoms with van der Waals surface area (Å²) in [7, 11) is 0. The molecule has 0 bridgehead atoms. The van der Waals surface area contributed by atoms with E-state index in [9.17, 15) is 19.2 Å². The van der Waals surface area contributed by atoms with Gasteiger partial charge in [0.2, 0.25) is 5.91 Å². The van der Waals surface area contributed by atoms with Crippen LogP contribution < -0.4 is 10.9 Å². The van der Waals surface area contributed by atoms with Crippen LogP contribution in [0.15, 0.2) is 35.4 Å². The Morgan fingerprint density at radius 3 is 2.68 bits per heavy atom.